The second-order valence-corrected chi connectivity index (χ2v) is 19.3. The molecule has 0 N–H and O–H groups in total. The third-order valence-electron chi connectivity index (χ3n) is 12.2. The van der Waals surface area contributed by atoms with Crippen molar-refractivity contribution in [2.45, 2.75) is 90.9 Å². The molecule has 9 rings (SSSR count). The van der Waals surface area contributed by atoms with E-state index in [1.54, 1.807) is 0 Å². The number of fused-ring (bicyclic) bond motifs is 9. The summed E-state index contributed by atoms with van der Waals surface area (Å²) < 4.78 is 2.72. The van der Waals surface area contributed by atoms with Crippen molar-refractivity contribution in [1.29, 1.82) is 0 Å². The van der Waals surface area contributed by atoms with Gasteiger partial charge in [0.15, 0.2) is 0 Å². The fourth-order valence-corrected chi connectivity index (χ4v) is 10.7. The maximum absolute atomic E-state index is 2.55. The van der Waals surface area contributed by atoms with E-state index in [9.17, 15) is 0 Å². The molecule has 0 saturated heterocycles. The van der Waals surface area contributed by atoms with Crippen LogP contribution in [0.3, 0.4) is 0 Å². The Morgan fingerprint density at radius 3 is 1.60 bits per heavy atom. The number of benzene rings is 6. The molecule has 260 valence electrons. The molecule has 0 fully saturated rings. The molecule has 52 heavy (non-hydrogen) atoms. The standard InChI is InChI=1S/C50H49NS/c1-47(2,3)30-21-24-34-36-26-23-32(29-43(36)50(9,10)41(34)27-30)51(31-22-25-35-33-15-11-12-18-39(33)49(7,8)42(35)28-31)44-20-14-17-38-37-16-13-19-40(48(4,5)6)45(37)52-46(38)44/h11-29H,1-10H3. The molecule has 1 aromatic heterocycles. The summed E-state index contributed by atoms with van der Waals surface area (Å²) in [5, 5.41) is 2.67. The normalized spacial score (nSPS) is 15.4. The third kappa shape index (κ3) is 4.73. The minimum Gasteiger partial charge on any atom is -0.309 e. The number of rotatable bonds is 3. The molecule has 7 aromatic rings. The molecule has 0 saturated carbocycles. The third-order valence-corrected chi connectivity index (χ3v) is 13.4. The maximum Gasteiger partial charge on any atom is 0.0640 e. The number of anilines is 3. The minimum atomic E-state index is -0.125. The van der Waals surface area contributed by atoms with Gasteiger partial charge in [-0.15, -0.1) is 11.3 Å². The van der Waals surface area contributed by atoms with Gasteiger partial charge in [0.1, 0.15) is 0 Å². The Morgan fingerprint density at radius 1 is 0.462 bits per heavy atom. The summed E-state index contributed by atoms with van der Waals surface area (Å²) in [4.78, 5) is 2.55. The van der Waals surface area contributed by atoms with Gasteiger partial charge in [0.05, 0.1) is 10.4 Å². The Balaban J connectivity index is 1.29. The van der Waals surface area contributed by atoms with Crippen LogP contribution in [-0.4, -0.2) is 0 Å². The van der Waals surface area contributed by atoms with Crippen molar-refractivity contribution in [1.82, 2.24) is 0 Å². The summed E-state index contributed by atoms with van der Waals surface area (Å²) in [6, 6.07) is 44.4. The van der Waals surface area contributed by atoms with E-state index in [1.165, 1.54) is 92.9 Å². The van der Waals surface area contributed by atoms with E-state index in [0.717, 1.165) is 0 Å². The molecule has 1 nitrogen and oxygen atoms in total. The van der Waals surface area contributed by atoms with E-state index in [4.69, 9.17) is 0 Å². The molecule has 0 aliphatic heterocycles. The Morgan fingerprint density at radius 2 is 0.981 bits per heavy atom. The van der Waals surface area contributed by atoms with Crippen molar-refractivity contribution in [3.8, 4) is 22.3 Å². The van der Waals surface area contributed by atoms with Crippen LogP contribution in [0.25, 0.3) is 42.4 Å². The highest BCUT2D eigenvalue weighted by Crippen LogP contribution is 2.55. The topological polar surface area (TPSA) is 3.24 Å². The summed E-state index contributed by atoms with van der Waals surface area (Å²) in [5.74, 6) is 0. The van der Waals surface area contributed by atoms with Gasteiger partial charge >= 0.3 is 0 Å². The van der Waals surface area contributed by atoms with Crippen LogP contribution in [0.4, 0.5) is 17.1 Å². The van der Waals surface area contributed by atoms with Gasteiger partial charge < -0.3 is 4.90 Å². The van der Waals surface area contributed by atoms with Crippen LogP contribution in [0.1, 0.15) is 103 Å². The lowest BCUT2D eigenvalue weighted by Crippen LogP contribution is -2.19. The lowest BCUT2D eigenvalue weighted by molar-refractivity contribution is 0.584. The molecule has 0 unspecified atom stereocenters. The van der Waals surface area contributed by atoms with E-state index in [0.29, 0.717) is 0 Å². The zero-order chi connectivity index (χ0) is 36.5. The number of thiophene rings is 1. The Kier molecular flexibility index (Phi) is 6.98. The van der Waals surface area contributed by atoms with Crippen molar-refractivity contribution >= 4 is 48.6 Å². The van der Waals surface area contributed by atoms with Crippen LogP contribution in [-0.2, 0) is 21.7 Å². The fourth-order valence-electron chi connectivity index (χ4n) is 9.16. The maximum atomic E-state index is 2.55. The number of nitrogens with zero attached hydrogens (tertiary/aromatic N) is 1. The second-order valence-electron chi connectivity index (χ2n) is 18.3. The zero-order valence-electron chi connectivity index (χ0n) is 32.3. The van der Waals surface area contributed by atoms with E-state index < -0.39 is 0 Å². The molecular formula is C50H49NS. The molecule has 2 aliphatic carbocycles. The lowest BCUT2D eigenvalue weighted by Gasteiger charge is -2.30. The summed E-state index contributed by atoms with van der Waals surface area (Å²) in [6.07, 6.45) is 0. The van der Waals surface area contributed by atoms with Gasteiger partial charge in [0.2, 0.25) is 0 Å². The van der Waals surface area contributed by atoms with Crippen LogP contribution < -0.4 is 4.90 Å². The Bertz CT molecular complexity index is 2600. The Labute approximate surface area is 314 Å². The Hall–Kier alpha value is -4.66. The van der Waals surface area contributed by atoms with Gasteiger partial charge in [0.25, 0.3) is 0 Å². The number of hydrogen-bond donors (Lipinski definition) is 0. The molecule has 2 heteroatoms. The minimum absolute atomic E-state index is 0.0498. The van der Waals surface area contributed by atoms with Crippen molar-refractivity contribution in [3.05, 3.63) is 149 Å². The van der Waals surface area contributed by atoms with E-state index in [2.05, 4.69) is 189 Å². The highest BCUT2D eigenvalue weighted by atomic mass is 32.1. The summed E-state index contributed by atoms with van der Waals surface area (Å²) >= 11 is 1.95. The van der Waals surface area contributed by atoms with Gasteiger partial charge in [-0.2, -0.15) is 0 Å². The van der Waals surface area contributed by atoms with Gasteiger partial charge in [-0.3, -0.25) is 0 Å². The van der Waals surface area contributed by atoms with E-state index in [1.807, 2.05) is 11.3 Å². The van der Waals surface area contributed by atoms with Crippen molar-refractivity contribution < 1.29 is 0 Å². The average Bonchev–Trinajstić information content (AvgIpc) is 3.68. The van der Waals surface area contributed by atoms with Gasteiger partial charge in [-0.25, -0.2) is 0 Å². The molecular weight excluding hydrogens is 647 g/mol. The van der Waals surface area contributed by atoms with Crippen LogP contribution in [0.2, 0.25) is 0 Å². The predicted molar refractivity (Wildman–Crippen MR) is 227 cm³/mol. The lowest BCUT2D eigenvalue weighted by atomic mass is 9.79. The smallest absolute Gasteiger partial charge is 0.0640 e. The fraction of sp³-hybridized carbons (Fsp3) is 0.280. The highest BCUT2D eigenvalue weighted by Gasteiger charge is 2.38. The first-order valence-electron chi connectivity index (χ1n) is 18.9. The first-order valence-corrected chi connectivity index (χ1v) is 19.7. The highest BCUT2D eigenvalue weighted by molar-refractivity contribution is 7.26. The number of hydrogen-bond acceptors (Lipinski definition) is 2. The van der Waals surface area contributed by atoms with Crippen molar-refractivity contribution in [2.75, 3.05) is 4.90 Å². The predicted octanol–water partition coefficient (Wildman–Crippen LogP) is 14.7. The van der Waals surface area contributed by atoms with Gasteiger partial charge in [-0.1, -0.05) is 154 Å². The summed E-state index contributed by atoms with van der Waals surface area (Å²) in [7, 11) is 0. The zero-order valence-corrected chi connectivity index (χ0v) is 33.1. The molecule has 0 spiro atoms. The van der Waals surface area contributed by atoms with E-state index in [-0.39, 0.29) is 21.7 Å². The molecule has 6 aromatic carbocycles. The van der Waals surface area contributed by atoms with Gasteiger partial charge in [0, 0.05) is 37.7 Å². The van der Waals surface area contributed by atoms with Crippen LogP contribution >= 0.6 is 11.3 Å². The molecule has 2 aliphatic rings. The van der Waals surface area contributed by atoms with Crippen LogP contribution in [0, 0.1) is 0 Å². The largest absolute Gasteiger partial charge is 0.309 e. The molecule has 1 heterocycles. The first kappa shape index (κ1) is 33.2. The monoisotopic (exact) mass is 695 g/mol. The molecule has 0 radical (unpaired) electrons. The van der Waals surface area contributed by atoms with Gasteiger partial charge in [-0.05, 0) is 96.8 Å². The molecule has 0 bridgehead atoms. The summed E-state index contributed by atoms with van der Waals surface area (Å²) in [5.41, 5.74) is 17.4. The molecule has 0 amide bonds. The van der Waals surface area contributed by atoms with Crippen molar-refractivity contribution in [3.63, 3.8) is 0 Å². The van der Waals surface area contributed by atoms with E-state index >= 15 is 0 Å². The first-order chi connectivity index (χ1) is 24.6. The average molecular weight is 696 g/mol. The van der Waals surface area contributed by atoms with Crippen molar-refractivity contribution in [2.24, 2.45) is 0 Å². The van der Waals surface area contributed by atoms with Crippen LogP contribution in [0.15, 0.2) is 115 Å². The second kappa shape index (κ2) is 10.9. The quantitative estimate of drug-likeness (QED) is 0.178. The SMILES string of the molecule is CC(C)(C)c1ccc2c(c1)C(C)(C)c1cc(N(c3ccc4c(c3)C(C)(C)c3ccccc3-4)c3cccc4c3sc3c(C(C)(C)C)cccc34)ccc1-2. The summed E-state index contributed by atoms with van der Waals surface area (Å²) in [6.45, 7) is 23.5. The van der Waals surface area contributed by atoms with Crippen LogP contribution in [0.5, 0.6) is 0 Å². The molecule has 0 atom stereocenters.